The zero-order valence-electron chi connectivity index (χ0n) is 16.1. The van der Waals surface area contributed by atoms with E-state index in [1.54, 1.807) is 24.3 Å². The van der Waals surface area contributed by atoms with Crippen molar-refractivity contribution in [2.24, 2.45) is 0 Å². The van der Waals surface area contributed by atoms with Crippen LogP contribution in [-0.2, 0) is 13.1 Å². The van der Waals surface area contributed by atoms with Crippen molar-refractivity contribution in [3.8, 4) is 0 Å². The van der Waals surface area contributed by atoms with Crippen molar-refractivity contribution in [2.75, 3.05) is 0 Å². The van der Waals surface area contributed by atoms with E-state index >= 15 is 0 Å². The van der Waals surface area contributed by atoms with Gasteiger partial charge in [0.25, 0.3) is 5.91 Å². The molecule has 0 unspecified atom stereocenters. The molecule has 0 aliphatic carbocycles. The van der Waals surface area contributed by atoms with E-state index in [0.29, 0.717) is 17.0 Å². The average molecular weight is 383 g/mol. The standard InChI is InChI=1S/C24H21N3O2/c1-17-11-13-19(14-12-17)24(29)25-15-23-26-20-9-5-6-10-21(20)27(23)16-22(28)18-7-3-2-4-8-18/h2-14H,15-16H2,1H3,(H,25,29). The second-order valence-electron chi connectivity index (χ2n) is 6.94. The number of hydrogen-bond acceptors (Lipinski definition) is 3. The largest absolute Gasteiger partial charge is 0.345 e. The molecule has 4 rings (SSSR count). The Morgan fingerprint density at radius 3 is 2.31 bits per heavy atom. The molecule has 0 radical (unpaired) electrons. The number of nitrogens with zero attached hydrogens (tertiary/aromatic N) is 2. The highest BCUT2D eigenvalue weighted by Crippen LogP contribution is 2.17. The smallest absolute Gasteiger partial charge is 0.251 e. The molecule has 1 aromatic heterocycles. The van der Waals surface area contributed by atoms with Crippen molar-refractivity contribution in [3.05, 3.63) is 101 Å². The van der Waals surface area contributed by atoms with E-state index in [1.807, 2.05) is 66.1 Å². The van der Waals surface area contributed by atoms with E-state index < -0.39 is 0 Å². The minimum Gasteiger partial charge on any atom is -0.345 e. The predicted octanol–water partition coefficient (Wildman–Crippen LogP) is 4.16. The molecule has 29 heavy (non-hydrogen) atoms. The number of aryl methyl sites for hydroxylation is 1. The van der Waals surface area contributed by atoms with Crippen molar-refractivity contribution in [3.63, 3.8) is 0 Å². The van der Waals surface area contributed by atoms with Gasteiger partial charge < -0.3 is 9.88 Å². The summed E-state index contributed by atoms with van der Waals surface area (Å²) in [5.74, 6) is 0.480. The molecular weight excluding hydrogens is 362 g/mol. The van der Waals surface area contributed by atoms with Crippen molar-refractivity contribution < 1.29 is 9.59 Å². The molecule has 0 bridgehead atoms. The van der Waals surface area contributed by atoms with Crippen LogP contribution in [0.15, 0.2) is 78.9 Å². The first-order valence-electron chi connectivity index (χ1n) is 9.49. The third kappa shape index (κ3) is 4.09. The van der Waals surface area contributed by atoms with Gasteiger partial charge in [0.05, 0.1) is 24.1 Å². The highest BCUT2D eigenvalue weighted by molar-refractivity contribution is 5.97. The molecule has 1 N–H and O–H groups in total. The first-order chi connectivity index (χ1) is 14.1. The number of rotatable bonds is 6. The fourth-order valence-electron chi connectivity index (χ4n) is 3.26. The SMILES string of the molecule is Cc1ccc(C(=O)NCc2nc3ccccc3n2CC(=O)c2ccccc2)cc1. The lowest BCUT2D eigenvalue weighted by molar-refractivity contribution is 0.0949. The summed E-state index contributed by atoms with van der Waals surface area (Å²) >= 11 is 0. The molecule has 0 fully saturated rings. The van der Waals surface area contributed by atoms with Crippen molar-refractivity contribution in [1.29, 1.82) is 0 Å². The molecule has 5 nitrogen and oxygen atoms in total. The lowest BCUT2D eigenvalue weighted by Crippen LogP contribution is -2.25. The molecular formula is C24H21N3O2. The zero-order chi connectivity index (χ0) is 20.2. The maximum atomic E-state index is 12.8. The summed E-state index contributed by atoms with van der Waals surface area (Å²) in [6, 6.07) is 24.3. The Morgan fingerprint density at radius 1 is 0.862 bits per heavy atom. The summed E-state index contributed by atoms with van der Waals surface area (Å²) in [6.45, 7) is 2.39. The molecule has 1 heterocycles. The Labute approximate surface area is 169 Å². The number of Topliss-reactive ketones (excluding diaryl/α,β-unsaturated/α-hetero) is 1. The number of carbonyl (C=O) groups is 2. The minimum atomic E-state index is -0.169. The Balaban J connectivity index is 1.58. The van der Waals surface area contributed by atoms with Crippen LogP contribution in [0, 0.1) is 6.92 Å². The summed E-state index contributed by atoms with van der Waals surface area (Å²) in [6.07, 6.45) is 0. The second-order valence-corrected chi connectivity index (χ2v) is 6.94. The van der Waals surface area contributed by atoms with Gasteiger partial charge in [0.1, 0.15) is 5.82 Å². The topological polar surface area (TPSA) is 64.0 Å². The molecule has 0 spiro atoms. The molecule has 1 amide bonds. The Bertz CT molecular complexity index is 1160. The number of aromatic nitrogens is 2. The number of carbonyl (C=O) groups excluding carboxylic acids is 2. The van der Waals surface area contributed by atoms with E-state index in [-0.39, 0.29) is 24.8 Å². The molecule has 144 valence electrons. The molecule has 0 aliphatic rings. The fraction of sp³-hybridized carbons (Fsp3) is 0.125. The number of ketones is 1. The van der Waals surface area contributed by atoms with Crippen LogP contribution in [0.2, 0.25) is 0 Å². The number of para-hydroxylation sites is 2. The molecule has 0 saturated carbocycles. The van der Waals surface area contributed by atoms with Gasteiger partial charge in [-0.1, -0.05) is 60.2 Å². The lowest BCUT2D eigenvalue weighted by Gasteiger charge is -2.10. The Kier molecular flexibility index (Phi) is 5.20. The van der Waals surface area contributed by atoms with Crippen molar-refractivity contribution in [1.82, 2.24) is 14.9 Å². The van der Waals surface area contributed by atoms with Crippen LogP contribution in [0.1, 0.15) is 32.1 Å². The molecule has 3 aromatic carbocycles. The third-order valence-corrected chi connectivity index (χ3v) is 4.85. The monoisotopic (exact) mass is 383 g/mol. The highest BCUT2D eigenvalue weighted by atomic mass is 16.1. The first-order valence-corrected chi connectivity index (χ1v) is 9.49. The molecule has 0 atom stereocenters. The summed E-state index contributed by atoms with van der Waals surface area (Å²) in [4.78, 5) is 29.9. The van der Waals surface area contributed by atoms with Crippen LogP contribution in [0.5, 0.6) is 0 Å². The van der Waals surface area contributed by atoms with Gasteiger partial charge in [0, 0.05) is 11.1 Å². The number of hydrogen-bond donors (Lipinski definition) is 1. The minimum absolute atomic E-state index is 0.000126. The average Bonchev–Trinajstić information content (AvgIpc) is 3.10. The van der Waals surface area contributed by atoms with Crippen molar-refractivity contribution >= 4 is 22.7 Å². The van der Waals surface area contributed by atoms with Gasteiger partial charge in [-0.25, -0.2) is 4.98 Å². The van der Waals surface area contributed by atoms with Gasteiger partial charge in [-0.3, -0.25) is 9.59 Å². The maximum Gasteiger partial charge on any atom is 0.251 e. The zero-order valence-corrected chi connectivity index (χ0v) is 16.1. The number of imidazole rings is 1. The van der Waals surface area contributed by atoms with Crippen LogP contribution >= 0.6 is 0 Å². The van der Waals surface area contributed by atoms with Crippen LogP contribution in [0.4, 0.5) is 0 Å². The summed E-state index contributed by atoms with van der Waals surface area (Å²) < 4.78 is 1.88. The van der Waals surface area contributed by atoms with Gasteiger partial charge in [0.2, 0.25) is 0 Å². The predicted molar refractivity (Wildman–Crippen MR) is 113 cm³/mol. The molecule has 0 aliphatic heterocycles. The van der Waals surface area contributed by atoms with E-state index in [4.69, 9.17) is 0 Å². The molecule has 4 aromatic rings. The summed E-state index contributed by atoms with van der Waals surface area (Å²) in [5, 5.41) is 2.92. The highest BCUT2D eigenvalue weighted by Gasteiger charge is 2.15. The van der Waals surface area contributed by atoms with Crippen LogP contribution in [0.25, 0.3) is 11.0 Å². The van der Waals surface area contributed by atoms with Crippen LogP contribution in [-0.4, -0.2) is 21.2 Å². The van der Waals surface area contributed by atoms with E-state index in [9.17, 15) is 9.59 Å². The van der Waals surface area contributed by atoms with Crippen molar-refractivity contribution in [2.45, 2.75) is 20.0 Å². The number of amides is 1. The van der Waals surface area contributed by atoms with Gasteiger partial charge in [-0.05, 0) is 31.2 Å². The quantitative estimate of drug-likeness (QED) is 0.509. The summed E-state index contributed by atoms with van der Waals surface area (Å²) in [7, 11) is 0. The van der Waals surface area contributed by atoms with Gasteiger partial charge in [-0.15, -0.1) is 0 Å². The van der Waals surface area contributed by atoms with Gasteiger partial charge >= 0.3 is 0 Å². The lowest BCUT2D eigenvalue weighted by atomic mass is 10.1. The molecule has 5 heteroatoms. The first kappa shape index (κ1) is 18.6. The van der Waals surface area contributed by atoms with E-state index in [2.05, 4.69) is 10.3 Å². The third-order valence-electron chi connectivity index (χ3n) is 4.85. The Hall–Kier alpha value is -3.73. The second kappa shape index (κ2) is 8.10. The number of benzene rings is 3. The van der Waals surface area contributed by atoms with Crippen LogP contribution in [0.3, 0.4) is 0 Å². The normalized spacial score (nSPS) is 10.8. The number of fused-ring (bicyclic) bond motifs is 1. The summed E-state index contributed by atoms with van der Waals surface area (Å²) in [5.41, 5.74) is 4.02. The van der Waals surface area contributed by atoms with Gasteiger partial charge in [0.15, 0.2) is 5.78 Å². The maximum absolute atomic E-state index is 12.8. The van der Waals surface area contributed by atoms with E-state index in [0.717, 1.165) is 16.6 Å². The van der Waals surface area contributed by atoms with E-state index in [1.165, 1.54) is 0 Å². The Morgan fingerprint density at radius 2 is 1.55 bits per heavy atom. The molecule has 0 saturated heterocycles. The number of nitrogens with one attached hydrogen (secondary N) is 1. The van der Waals surface area contributed by atoms with Crippen LogP contribution < -0.4 is 5.32 Å². The van der Waals surface area contributed by atoms with Gasteiger partial charge in [-0.2, -0.15) is 0 Å². The fourth-order valence-corrected chi connectivity index (χ4v) is 3.26.